The third-order valence-electron chi connectivity index (χ3n) is 11.9. The van der Waals surface area contributed by atoms with Crippen molar-refractivity contribution in [3.05, 3.63) is 118 Å². The van der Waals surface area contributed by atoms with Gasteiger partial charge in [-0.1, -0.05) is 69.2 Å². The van der Waals surface area contributed by atoms with Crippen LogP contribution in [0, 0.1) is 6.92 Å². The summed E-state index contributed by atoms with van der Waals surface area (Å²) in [6.07, 6.45) is 15.6. The van der Waals surface area contributed by atoms with Crippen molar-refractivity contribution in [2.24, 2.45) is 4.99 Å². The summed E-state index contributed by atoms with van der Waals surface area (Å²) in [5.41, 5.74) is 8.91. The summed E-state index contributed by atoms with van der Waals surface area (Å²) >= 11 is 0. The van der Waals surface area contributed by atoms with Crippen molar-refractivity contribution in [2.45, 2.75) is 115 Å². The minimum atomic E-state index is -4.70. The minimum Gasteiger partial charge on any atom is -0.830 e. The monoisotopic (exact) mass is 856 g/mol. The SMILES string of the molecule is CCCC[n+]1cc(S([O-])([O-])[O-])cc2c1N=C(/C=C/C1=C(c3cccc(OCCCCO)c3)C(=C/C=C3/N(CCCS(=O)(=O)[O-])c4ccc(C)cc4C3(C)C)/CCC1)C2(C)C. The second kappa shape index (κ2) is 18.5. The first kappa shape index (κ1) is 45.4. The van der Waals surface area contributed by atoms with Crippen LogP contribution in [-0.2, 0) is 27.5 Å². The molecular weight excluding hydrogens is 799 g/mol. The smallest absolute Gasteiger partial charge is 0.327 e. The standard InChI is InChI=1S/C47H61N3O8S2/c1-7-8-24-49-32-38(60(55,56)57)31-40-45(49)48-42(46(40,3)4)22-19-34-14-11-15-35(44(34)36-16-12-17-37(30-36)58-27-10-9-26-51)20-23-43-47(5,6)39-29-33(2)18-21-41(39)50(43)25-13-28-59(52,53)54/h12,16-23,29-32,51H,7-11,13-15,24-28H2,1-6H3,(H3-,52,53,54,55,56,57)/p-3. The maximum atomic E-state index is 12.3. The quantitative estimate of drug-likeness (QED) is 0.0790. The molecule has 0 amide bonds. The van der Waals surface area contributed by atoms with Crippen LogP contribution in [-0.4, -0.2) is 63.0 Å². The fourth-order valence-corrected chi connectivity index (χ4v) is 9.54. The number of anilines is 1. The molecule has 60 heavy (non-hydrogen) atoms. The first-order valence-corrected chi connectivity index (χ1v) is 24.0. The van der Waals surface area contributed by atoms with Gasteiger partial charge >= 0.3 is 5.82 Å². The van der Waals surface area contributed by atoms with Gasteiger partial charge in [0.05, 0.1) is 40.4 Å². The Morgan fingerprint density at radius 2 is 1.70 bits per heavy atom. The molecule has 2 aliphatic heterocycles. The Kier molecular flexibility index (Phi) is 14.0. The van der Waals surface area contributed by atoms with Gasteiger partial charge in [0.1, 0.15) is 5.75 Å². The highest BCUT2D eigenvalue weighted by Gasteiger charge is 2.43. The normalized spacial score (nSPS) is 19.1. The van der Waals surface area contributed by atoms with E-state index in [0.29, 0.717) is 37.5 Å². The van der Waals surface area contributed by atoms with Crippen LogP contribution in [0.1, 0.15) is 108 Å². The van der Waals surface area contributed by atoms with E-state index >= 15 is 0 Å². The average Bonchev–Trinajstić information content (AvgIpc) is 3.56. The van der Waals surface area contributed by atoms with Crippen molar-refractivity contribution in [1.29, 1.82) is 0 Å². The molecule has 2 aromatic carbocycles. The van der Waals surface area contributed by atoms with E-state index in [9.17, 15) is 31.7 Å². The molecule has 1 N–H and O–H groups in total. The lowest BCUT2D eigenvalue weighted by Crippen LogP contribution is -2.36. The number of unbranched alkanes of at least 4 members (excludes halogenated alkanes) is 2. The molecule has 324 valence electrons. The molecular formula is C47H58N3O8S2-3. The Labute approximate surface area is 357 Å². The Hall–Kier alpha value is -4.08. The summed E-state index contributed by atoms with van der Waals surface area (Å²) in [5.74, 6) is 0.944. The largest absolute Gasteiger partial charge is 0.830 e. The minimum absolute atomic E-state index is 0.108. The van der Waals surface area contributed by atoms with E-state index in [-0.39, 0.29) is 17.9 Å². The number of ether oxygens (including phenoxy) is 1. The predicted octanol–water partition coefficient (Wildman–Crippen LogP) is 8.89. The molecule has 0 fully saturated rings. The molecule has 1 aromatic heterocycles. The zero-order chi connectivity index (χ0) is 43.5. The number of rotatable bonds is 17. The summed E-state index contributed by atoms with van der Waals surface area (Å²) in [6, 6.07) is 15.8. The van der Waals surface area contributed by atoms with Crippen molar-refractivity contribution < 1.29 is 41.0 Å². The molecule has 3 aromatic rings. The van der Waals surface area contributed by atoms with Crippen LogP contribution in [0.2, 0.25) is 0 Å². The van der Waals surface area contributed by atoms with Gasteiger partial charge in [0.2, 0.25) is 0 Å². The zero-order valence-electron chi connectivity index (χ0n) is 35.7. The third-order valence-corrected chi connectivity index (χ3v) is 13.4. The van der Waals surface area contributed by atoms with Gasteiger partial charge < -0.3 is 43.8 Å². The lowest BCUT2D eigenvalue weighted by molar-refractivity contribution is -0.686. The molecule has 0 saturated heterocycles. The van der Waals surface area contributed by atoms with Gasteiger partial charge in [-0.25, -0.2) is 13.0 Å². The molecule has 0 spiro atoms. The number of aryl methyl sites for hydroxylation is 2. The lowest BCUT2D eigenvalue weighted by atomic mass is 9.80. The molecule has 0 unspecified atom stereocenters. The second-order valence-corrected chi connectivity index (χ2v) is 20.0. The van der Waals surface area contributed by atoms with E-state index in [2.05, 4.69) is 81.2 Å². The van der Waals surface area contributed by atoms with E-state index in [1.165, 1.54) is 12.3 Å². The first-order valence-electron chi connectivity index (χ1n) is 21.0. The molecule has 0 saturated carbocycles. The predicted molar refractivity (Wildman–Crippen MR) is 235 cm³/mol. The van der Waals surface area contributed by atoms with Crippen LogP contribution < -0.4 is 14.2 Å². The summed E-state index contributed by atoms with van der Waals surface area (Å²) in [5, 5.41) is 9.29. The zero-order valence-corrected chi connectivity index (χ0v) is 37.3. The van der Waals surface area contributed by atoms with Gasteiger partial charge in [0.25, 0.3) is 0 Å². The van der Waals surface area contributed by atoms with Crippen LogP contribution in [0.4, 0.5) is 11.5 Å². The fourth-order valence-electron chi connectivity index (χ4n) is 8.53. The van der Waals surface area contributed by atoms with E-state index in [4.69, 9.17) is 9.73 Å². The maximum absolute atomic E-state index is 12.3. The lowest BCUT2D eigenvalue weighted by Gasteiger charge is -2.63. The van der Waals surface area contributed by atoms with Crippen molar-refractivity contribution in [3.8, 4) is 5.75 Å². The first-order chi connectivity index (χ1) is 28.3. The average molecular weight is 857 g/mol. The van der Waals surface area contributed by atoms with Crippen LogP contribution in [0.15, 0.2) is 106 Å². The number of aromatic nitrogens is 1. The molecule has 3 heterocycles. The highest BCUT2D eigenvalue weighted by atomic mass is 32.3. The number of fused-ring (bicyclic) bond motifs is 2. The van der Waals surface area contributed by atoms with Crippen molar-refractivity contribution in [2.75, 3.05) is 30.4 Å². The summed E-state index contributed by atoms with van der Waals surface area (Å²) in [4.78, 5) is 6.96. The Morgan fingerprint density at radius 1 is 0.917 bits per heavy atom. The van der Waals surface area contributed by atoms with E-state index in [1.54, 1.807) is 4.57 Å². The highest BCUT2D eigenvalue weighted by molar-refractivity contribution is 8.19. The second-order valence-electron chi connectivity index (χ2n) is 17.1. The number of hydrogen-bond donors (Lipinski definition) is 1. The summed E-state index contributed by atoms with van der Waals surface area (Å²) in [7, 11) is -9.06. The van der Waals surface area contributed by atoms with Crippen LogP contribution in [0.25, 0.3) is 5.57 Å². The number of benzene rings is 2. The van der Waals surface area contributed by atoms with Gasteiger partial charge in [0, 0.05) is 35.7 Å². The molecule has 11 nitrogen and oxygen atoms in total. The van der Waals surface area contributed by atoms with Crippen molar-refractivity contribution in [1.82, 2.24) is 0 Å². The van der Waals surface area contributed by atoms with Gasteiger partial charge in [-0.2, -0.15) is 0 Å². The number of aliphatic hydroxyl groups is 1. The molecule has 0 radical (unpaired) electrons. The molecule has 0 bridgehead atoms. The number of aliphatic imine (C=N–C) groups is 1. The van der Waals surface area contributed by atoms with Crippen LogP contribution in [0.3, 0.4) is 0 Å². The summed E-state index contributed by atoms with van der Waals surface area (Å²) < 4.78 is 79.5. The number of pyridine rings is 1. The van der Waals surface area contributed by atoms with Gasteiger partial charge in [0.15, 0.2) is 5.71 Å². The number of nitrogens with zero attached hydrogens (tertiary/aromatic N) is 3. The van der Waals surface area contributed by atoms with E-state index in [1.807, 2.05) is 32.1 Å². The molecule has 1 aliphatic carbocycles. The van der Waals surface area contributed by atoms with Gasteiger partial charge in [-0.15, -0.1) is 0 Å². The topological polar surface area (TPSA) is 175 Å². The van der Waals surface area contributed by atoms with Crippen LogP contribution in [0.5, 0.6) is 5.75 Å². The van der Waals surface area contributed by atoms with E-state index < -0.39 is 37.6 Å². The molecule has 3 aliphatic rings. The Morgan fingerprint density at radius 3 is 2.42 bits per heavy atom. The highest BCUT2D eigenvalue weighted by Crippen LogP contribution is 2.50. The van der Waals surface area contributed by atoms with Gasteiger partial charge in [-0.3, -0.25) is 0 Å². The summed E-state index contributed by atoms with van der Waals surface area (Å²) in [6.45, 7) is 14.0. The van der Waals surface area contributed by atoms with Crippen molar-refractivity contribution >= 4 is 43.8 Å². The number of aliphatic hydroxyl groups excluding tert-OH is 1. The molecule has 13 heteroatoms. The number of hydrogen-bond acceptors (Lipinski definition) is 10. The fraction of sp³-hybridized carbons (Fsp3) is 0.447. The van der Waals surface area contributed by atoms with Crippen LogP contribution >= 0.6 is 10.9 Å². The Bertz CT molecular complexity index is 2350. The Balaban J connectivity index is 1.45. The maximum Gasteiger partial charge on any atom is 0.327 e. The third kappa shape index (κ3) is 10.2. The molecule has 6 rings (SSSR count). The van der Waals surface area contributed by atoms with Crippen molar-refractivity contribution in [3.63, 3.8) is 0 Å². The number of allylic oxidation sites excluding steroid dienone is 8. The molecule has 0 atom stereocenters. The van der Waals surface area contributed by atoms with Gasteiger partial charge in [-0.05, 0) is 140 Å². The van der Waals surface area contributed by atoms with E-state index in [0.717, 1.165) is 94.8 Å².